The van der Waals surface area contributed by atoms with Gasteiger partial charge in [0.25, 0.3) is 0 Å². The zero-order chi connectivity index (χ0) is 18.2. The Kier molecular flexibility index (Phi) is 13.6. The molecule has 1 amide bonds. The third-order valence-corrected chi connectivity index (χ3v) is 5.42. The van der Waals surface area contributed by atoms with Crippen LogP contribution in [-0.2, 0) is 9.63 Å². The van der Waals surface area contributed by atoms with Crippen LogP contribution in [0.2, 0.25) is 0 Å². The zero-order valence-electron chi connectivity index (χ0n) is 16.7. The van der Waals surface area contributed by atoms with Gasteiger partial charge < -0.3 is 4.84 Å². The van der Waals surface area contributed by atoms with E-state index in [1.807, 2.05) is 0 Å². The molecule has 0 spiro atoms. The van der Waals surface area contributed by atoms with Crippen LogP contribution in [0.3, 0.4) is 0 Å². The van der Waals surface area contributed by atoms with Crippen LogP contribution >= 0.6 is 0 Å². The Hall–Kier alpha value is -0.930. The van der Waals surface area contributed by atoms with Crippen molar-refractivity contribution >= 4 is 5.91 Å². The fourth-order valence-corrected chi connectivity index (χ4v) is 3.67. The molecule has 0 aromatic rings. The predicted molar refractivity (Wildman–Crippen MR) is 103 cm³/mol. The normalized spacial score (nSPS) is 17.8. The van der Waals surface area contributed by atoms with E-state index >= 15 is 0 Å². The van der Waals surface area contributed by atoms with Gasteiger partial charge in [-0.3, -0.25) is 4.79 Å². The number of nitrogens with zero attached hydrogens (tertiary/aromatic N) is 2. The van der Waals surface area contributed by atoms with Crippen LogP contribution < -0.4 is 0 Å². The summed E-state index contributed by atoms with van der Waals surface area (Å²) in [4.78, 5) is 16.6. The van der Waals surface area contributed by atoms with Gasteiger partial charge >= 0.3 is 5.91 Å². The molecule has 1 aliphatic rings. The monoisotopic (exact) mass is 352 g/mol. The predicted octanol–water partition coefficient (Wildman–Crippen LogP) is 7.18. The first kappa shape index (κ1) is 22.1. The molecule has 1 heterocycles. The number of carbonyl (C=O) groups excluding carboxylic acids is 1. The number of carbonyl (C=O) groups is 1. The summed E-state index contributed by atoms with van der Waals surface area (Å²) < 4.78 is 0. The molecule has 4 nitrogen and oxygen atoms in total. The Morgan fingerprint density at radius 2 is 1.28 bits per heavy atom. The molecule has 0 saturated carbocycles. The molecule has 2 atom stereocenters. The van der Waals surface area contributed by atoms with Crippen LogP contribution in [0.5, 0.6) is 0 Å². The van der Waals surface area contributed by atoms with E-state index in [9.17, 15) is 4.79 Å². The Balaban J connectivity index is 1.83. The number of amides is 1. The average Bonchev–Trinajstić information content (AvgIpc) is 3.04. The van der Waals surface area contributed by atoms with Gasteiger partial charge in [0.1, 0.15) is 0 Å². The SMILES string of the molecule is CCCCCCCCCCCCCCCCC(CC)C1ON=NC1=O. The van der Waals surface area contributed by atoms with Gasteiger partial charge in [-0.05, 0) is 12.8 Å². The van der Waals surface area contributed by atoms with Crippen molar-refractivity contribution in [2.24, 2.45) is 16.3 Å². The largest absolute Gasteiger partial charge is 0.365 e. The highest BCUT2D eigenvalue weighted by molar-refractivity contribution is 5.82. The molecule has 4 heteroatoms. The molecule has 0 aromatic carbocycles. The van der Waals surface area contributed by atoms with Gasteiger partial charge in [0, 0.05) is 11.2 Å². The number of rotatable bonds is 17. The molecule has 1 rings (SSSR count). The standard InChI is InChI=1S/C21H40N2O2/c1-3-5-6-7-8-9-10-11-12-13-14-15-16-17-18-19(4-2)20-21(24)22-23-25-20/h19-20H,3-18H2,1-2H3. The summed E-state index contributed by atoms with van der Waals surface area (Å²) in [5.74, 6) is 0.0806. The number of unbranched alkanes of at least 4 members (excludes halogenated alkanes) is 13. The molecule has 0 bridgehead atoms. The second-order valence-electron chi connectivity index (χ2n) is 7.60. The lowest BCUT2D eigenvalue weighted by molar-refractivity contribution is -0.126. The number of hydrogen-bond donors (Lipinski definition) is 0. The molecule has 2 unspecified atom stereocenters. The summed E-state index contributed by atoms with van der Waals surface area (Å²) in [6, 6.07) is 0. The molecule has 0 saturated heterocycles. The Labute approximate surface area is 155 Å². The third-order valence-electron chi connectivity index (χ3n) is 5.42. The summed E-state index contributed by atoms with van der Waals surface area (Å²) in [6.45, 7) is 4.39. The molecule has 146 valence electrons. The minimum absolute atomic E-state index is 0.197. The van der Waals surface area contributed by atoms with Gasteiger partial charge in [-0.2, -0.15) is 0 Å². The number of hydrogen-bond acceptors (Lipinski definition) is 3. The van der Waals surface area contributed by atoms with Crippen molar-refractivity contribution < 1.29 is 9.63 Å². The van der Waals surface area contributed by atoms with E-state index in [2.05, 4.69) is 24.2 Å². The second-order valence-corrected chi connectivity index (χ2v) is 7.60. The summed E-state index contributed by atoms with van der Waals surface area (Å²) >= 11 is 0. The highest BCUT2D eigenvalue weighted by atomic mass is 16.7. The highest BCUT2D eigenvalue weighted by Crippen LogP contribution is 2.24. The lowest BCUT2D eigenvalue weighted by atomic mass is 9.92. The van der Waals surface area contributed by atoms with Crippen LogP contribution in [0.25, 0.3) is 0 Å². The fraction of sp³-hybridized carbons (Fsp3) is 0.952. The van der Waals surface area contributed by atoms with Crippen LogP contribution in [-0.4, -0.2) is 12.0 Å². The molecule has 0 N–H and O–H groups in total. The van der Waals surface area contributed by atoms with Crippen LogP contribution in [0.4, 0.5) is 0 Å². The van der Waals surface area contributed by atoms with E-state index in [-0.39, 0.29) is 11.8 Å². The molecule has 25 heavy (non-hydrogen) atoms. The van der Waals surface area contributed by atoms with E-state index in [1.165, 1.54) is 89.9 Å². The lowest BCUT2D eigenvalue weighted by Gasteiger charge is -2.17. The van der Waals surface area contributed by atoms with Gasteiger partial charge in [-0.25, -0.2) is 0 Å². The summed E-state index contributed by atoms with van der Waals surface area (Å²) in [7, 11) is 0. The lowest BCUT2D eigenvalue weighted by Crippen LogP contribution is -2.26. The van der Waals surface area contributed by atoms with Crippen LogP contribution in [0.15, 0.2) is 10.4 Å². The van der Waals surface area contributed by atoms with Gasteiger partial charge in [0.15, 0.2) is 0 Å². The van der Waals surface area contributed by atoms with Crippen molar-refractivity contribution in [2.45, 2.75) is 123 Å². The molecule has 1 aliphatic heterocycles. The molecule has 0 radical (unpaired) electrons. The van der Waals surface area contributed by atoms with Crippen molar-refractivity contribution in [3.05, 3.63) is 0 Å². The van der Waals surface area contributed by atoms with Gasteiger partial charge in [-0.15, -0.1) is 0 Å². The maximum atomic E-state index is 11.5. The topological polar surface area (TPSA) is 51.0 Å². The van der Waals surface area contributed by atoms with Gasteiger partial charge in [0.05, 0.1) is 0 Å². The first-order chi connectivity index (χ1) is 12.3. The van der Waals surface area contributed by atoms with E-state index in [4.69, 9.17) is 4.84 Å². The zero-order valence-corrected chi connectivity index (χ0v) is 16.7. The van der Waals surface area contributed by atoms with Crippen molar-refractivity contribution in [3.8, 4) is 0 Å². The van der Waals surface area contributed by atoms with Crippen molar-refractivity contribution in [2.75, 3.05) is 0 Å². The molecular weight excluding hydrogens is 312 g/mol. The van der Waals surface area contributed by atoms with Crippen LogP contribution in [0.1, 0.15) is 117 Å². The van der Waals surface area contributed by atoms with E-state index < -0.39 is 6.10 Å². The molecule has 0 aliphatic carbocycles. The van der Waals surface area contributed by atoms with Crippen molar-refractivity contribution in [1.82, 2.24) is 0 Å². The Bertz CT molecular complexity index is 358. The quantitative estimate of drug-likeness (QED) is 0.260. The summed E-state index contributed by atoms with van der Waals surface area (Å²) in [5.41, 5.74) is 0. The second kappa shape index (κ2) is 15.3. The third kappa shape index (κ3) is 10.6. The first-order valence-corrected chi connectivity index (χ1v) is 10.9. The smallest absolute Gasteiger partial charge is 0.311 e. The molecular formula is C21H40N2O2. The minimum Gasteiger partial charge on any atom is -0.365 e. The Morgan fingerprint density at radius 1 is 0.800 bits per heavy atom. The Morgan fingerprint density at radius 3 is 1.68 bits per heavy atom. The van der Waals surface area contributed by atoms with E-state index in [1.54, 1.807) is 0 Å². The fourth-order valence-electron chi connectivity index (χ4n) is 3.67. The maximum absolute atomic E-state index is 11.5. The summed E-state index contributed by atoms with van der Waals surface area (Å²) in [5, 5.41) is 6.88. The van der Waals surface area contributed by atoms with E-state index in [0.29, 0.717) is 0 Å². The minimum atomic E-state index is -0.410. The van der Waals surface area contributed by atoms with Crippen LogP contribution in [0, 0.1) is 5.92 Å². The highest BCUT2D eigenvalue weighted by Gasteiger charge is 2.32. The van der Waals surface area contributed by atoms with Crippen molar-refractivity contribution in [1.29, 1.82) is 0 Å². The maximum Gasteiger partial charge on any atom is 0.311 e. The first-order valence-electron chi connectivity index (χ1n) is 10.9. The van der Waals surface area contributed by atoms with E-state index in [0.717, 1.165) is 12.8 Å². The average molecular weight is 353 g/mol. The van der Waals surface area contributed by atoms with Gasteiger partial charge in [0.2, 0.25) is 6.10 Å². The molecule has 0 fully saturated rings. The van der Waals surface area contributed by atoms with Gasteiger partial charge in [-0.1, -0.05) is 109 Å². The van der Waals surface area contributed by atoms with Crippen molar-refractivity contribution in [3.63, 3.8) is 0 Å². The molecule has 0 aromatic heterocycles. The summed E-state index contributed by atoms with van der Waals surface area (Å²) in [6.07, 6.45) is 20.9.